The van der Waals surface area contributed by atoms with Crippen LogP contribution in [0.2, 0.25) is 0 Å². The van der Waals surface area contributed by atoms with Crippen molar-refractivity contribution in [3.05, 3.63) is 29.8 Å². The summed E-state index contributed by atoms with van der Waals surface area (Å²) in [5, 5.41) is 0. The molecule has 0 aromatic heterocycles. The van der Waals surface area contributed by atoms with E-state index in [0.717, 1.165) is 6.42 Å². The number of rotatable bonds is 4. The van der Waals surface area contributed by atoms with Crippen LogP contribution in [0.1, 0.15) is 56.9 Å². The van der Waals surface area contributed by atoms with Crippen molar-refractivity contribution >= 4 is 22.4 Å². The monoisotopic (exact) mass is 372 g/mol. The van der Waals surface area contributed by atoms with Crippen LogP contribution in [-0.2, 0) is 10.0 Å². The summed E-state index contributed by atoms with van der Waals surface area (Å²) >= 11 is 0. The third-order valence-electron chi connectivity index (χ3n) is 5.50. The zero-order valence-electron chi connectivity index (χ0n) is 14.4. The van der Waals surface area contributed by atoms with E-state index in [0.29, 0.717) is 23.9 Å². The fraction of sp³-hybridized carbons (Fsp3) is 0.667. The number of hydrogen-bond acceptors (Lipinski definition) is 3. The molecule has 1 saturated carbocycles. The summed E-state index contributed by atoms with van der Waals surface area (Å²) in [4.78, 5) is 0.418. The maximum atomic E-state index is 12.9. The maximum Gasteiger partial charge on any atom is 0.243 e. The van der Waals surface area contributed by atoms with Crippen LogP contribution >= 0.6 is 12.4 Å². The predicted molar refractivity (Wildman–Crippen MR) is 100 cm³/mol. The zero-order valence-corrected chi connectivity index (χ0v) is 16.0. The summed E-state index contributed by atoms with van der Waals surface area (Å²) in [5.74, 6) is 0.883. The van der Waals surface area contributed by atoms with Gasteiger partial charge in [0.2, 0.25) is 10.0 Å². The van der Waals surface area contributed by atoms with E-state index in [1.54, 1.807) is 16.4 Å². The van der Waals surface area contributed by atoms with E-state index in [1.807, 2.05) is 19.1 Å². The van der Waals surface area contributed by atoms with E-state index in [-0.39, 0.29) is 24.4 Å². The minimum atomic E-state index is -3.40. The molecule has 3 rings (SSSR count). The second kappa shape index (κ2) is 8.17. The van der Waals surface area contributed by atoms with Crippen molar-refractivity contribution in [1.82, 2.24) is 4.31 Å². The van der Waals surface area contributed by atoms with Gasteiger partial charge in [-0.2, -0.15) is 4.31 Å². The largest absolute Gasteiger partial charge is 0.330 e. The van der Waals surface area contributed by atoms with Gasteiger partial charge in [-0.25, -0.2) is 8.42 Å². The first-order chi connectivity index (χ1) is 11.0. The Morgan fingerprint density at radius 2 is 1.75 bits per heavy atom. The molecule has 1 aromatic rings. The van der Waals surface area contributed by atoms with E-state index in [9.17, 15) is 8.42 Å². The molecule has 1 aliphatic heterocycles. The third kappa shape index (κ3) is 3.96. The topological polar surface area (TPSA) is 63.4 Å². The molecule has 0 spiro atoms. The standard InChI is InChI=1S/C18H28N2O2S.ClH/c1-14-11-15(12-19)13-20(14)23(21,22)18-9-7-17(8-10-18)16-5-3-2-4-6-16;/h7-10,14-16H,2-6,11-13,19H2,1H3;1H. The van der Waals surface area contributed by atoms with Gasteiger partial charge in [0.05, 0.1) is 4.90 Å². The number of hydrogen-bond donors (Lipinski definition) is 1. The van der Waals surface area contributed by atoms with Crippen LogP contribution < -0.4 is 5.73 Å². The molecule has 0 amide bonds. The van der Waals surface area contributed by atoms with Gasteiger partial charge in [-0.3, -0.25) is 0 Å². The van der Waals surface area contributed by atoms with E-state index in [1.165, 1.54) is 37.7 Å². The second-order valence-corrected chi connectivity index (χ2v) is 9.06. The van der Waals surface area contributed by atoms with Gasteiger partial charge < -0.3 is 5.73 Å². The Morgan fingerprint density at radius 1 is 1.12 bits per heavy atom. The summed E-state index contributed by atoms with van der Waals surface area (Å²) in [6, 6.07) is 7.66. The minimum Gasteiger partial charge on any atom is -0.330 e. The molecule has 0 bridgehead atoms. The first-order valence-electron chi connectivity index (χ1n) is 8.84. The number of benzene rings is 1. The van der Waals surface area contributed by atoms with Gasteiger partial charge in [-0.1, -0.05) is 31.4 Å². The predicted octanol–water partition coefficient (Wildman–Crippen LogP) is 3.51. The van der Waals surface area contributed by atoms with Crippen molar-refractivity contribution in [3.8, 4) is 0 Å². The van der Waals surface area contributed by atoms with E-state index < -0.39 is 10.0 Å². The highest BCUT2D eigenvalue weighted by Gasteiger charge is 2.37. The smallest absolute Gasteiger partial charge is 0.243 e. The van der Waals surface area contributed by atoms with Crippen molar-refractivity contribution in [2.24, 2.45) is 11.7 Å². The van der Waals surface area contributed by atoms with Gasteiger partial charge in [0, 0.05) is 12.6 Å². The van der Waals surface area contributed by atoms with Gasteiger partial charge >= 0.3 is 0 Å². The third-order valence-corrected chi connectivity index (χ3v) is 7.50. The highest BCUT2D eigenvalue weighted by molar-refractivity contribution is 7.89. The number of sulfonamides is 1. The highest BCUT2D eigenvalue weighted by Crippen LogP contribution is 2.34. The average molecular weight is 373 g/mol. The molecule has 24 heavy (non-hydrogen) atoms. The second-order valence-electron chi connectivity index (χ2n) is 7.17. The van der Waals surface area contributed by atoms with Gasteiger partial charge in [-0.05, 0) is 62.3 Å². The van der Waals surface area contributed by atoms with E-state index in [4.69, 9.17) is 5.73 Å². The van der Waals surface area contributed by atoms with Crippen molar-refractivity contribution in [2.45, 2.75) is 62.3 Å². The lowest BCUT2D eigenvalue weighted by atomic mass is 9.84. The molecule has 6 heteroatoms. The summed E-state index contributed by atoms with van der Waals surface area (Å²) < 4.78 is 27.4. The SMILES string of the molecule is CC1CC(CN)CN1S(=O)(=O)c1ccc(C2CCCCC2)cc1.Cl. The Hall–Kier alpha value is -0.620. The number of nitrogens with zero attached hydrogens (tertiary/aromatic N) is 1. The van der Waals surface area contributed by atoms with Crippen LogP contribution in [-0.4, -0.2) is 31.9 Å². The molecule has 2 fully saturated rings. The van der Waals surface area contributed by atoms with Crippen LogP contribution in [0.4, 0.5) is 0 Å². The van der Waals surface area contributed by atoms with Crippen LogP contribution in [0, 0.1) is 5.92 Å². The Bertz CT molecular complexity index is 627. The molecule has 4 nitrogen and oxygen atoms in total. The molecule has 2 unspecified atom stereocenters. The molecule has 1 heterocycles. The number of nitrogens with two attached hydrogens (primary N) is 1. The van der Waals surface area contributed by atoms with Crippen molar-refractivity contribution < 1.29 is 8.42 Å². The fourth-order valence-electron chi connectivity index (χ4n) is 4.10. The highest BCUT2D eigenvalue weighted by atomic mass is 35.5. The first-order valence-corrected chi connectivity index (χ1v) is 10.3. The molecule has 2 N–H and O–H groups in total. The Kier molecular flexibility index (Phi) is 6.71. The summed E-state index contributed by atoms with van der Waals surface area (Å²) in [7, 11) is -3.40. The fourth-order valence-corrected chi connectivity index (χ4v) is 5.82. The lowest BCUT2D eigenvalue weighted by Crippen LogP contribution is -2.34. The average Bonchev–Trinajstić information content (AvgIpc) is 2.97. The molecule has 2 atom stereocenters. The molecule has 136 valence electrons. The molecular weight excluding hydrogens is 344 g/mol. The van der Waals surface area contributed by atoms with Crippen LogP contribution in [0.3, 0.4) is 0 Å². The quantitative estimate of drug-likeness (QED) is 0.879. The lowest BCUT2D eigenvalue weighted by Gasteiger charge is -2.23. The van der Waals surface area contributed by atoms with E-state index in [2.05, 4.69) is 0 Å². The van der Waals surface area contributed by atoms with Crippen molar-refractivity contribution in [2.75, 3.05) is 13.1 Å². The molecule has 0 radical (unpaired) electrons. The lowest BCUT2D eigenvalue weighted by molar-refractivity contribution is 0.404. The normalized spacial score (nSPS) is 26.2. The summed E-state index contributed by atoms with van der Waals surface area (Å²) in [5.41, 5.74) is 7.01. The number of halogens is 1. The van der Waals surface area contributed by atoms with E-state index >= 15 is 0 Å². The summed E-state index contributed by atoms with van der Waals surface area (Å²) in [6.45, 7) is 3.07. The van der Waals surface area contributed by atoms with Crippen LogP contribution in [0.25, 0.3) is 0 Å². The molecule has 1 aromatic carbocycles. The first kappa shape index (κ1) is 19.7. The van der Waals surface area contributed by atoms with Gasteiger partial charge in [-0.15, -0.1) is 12.4 Å². The summed E-state index contributed by atoms with van der Waals surface area (Å²) in [6.07, 6.45) is 7.22. The molecule has 1 saturated heterocycles. The molecule has 1 aliphatic carbocycles. The Labute approximate surface area is 152 Å². The Balaban J connectivity index is 0.00000208. The van der Waals surface area contributed by atoms with Crippen LogP contribution in [0.15, 0.2) is 29.2 Å². The van der Waals surface area contributed by atoms with Gasteiger partial charge in [0.15, 0.2) is 0 Å². The molecule has 2 aliphatic rings. The zero-order chi connectivity index (χ0) is 16.4. The van der Waals surface area contributed by atoms with Gasteiger partial charge in [0.1, 0.15) is 0 Å². The maximum absolute atomic E-state index is 12.9. The van der Waals surface area contributed by atoms with Gasteiger partial charge in [0.25, 0.3) is 0 Å². The van der Waals surface area contributed by atoms with Crippen molar-refractivity contribution in [3.63, 3.8) is 0 Å². The van der Waals surface area contributed by atoms with Crippen LogP contribution in [0.5, 0.6) is 0 Å². The minimum absolute atomic E-state index is 0. The molecular formula is C18H29ClN2O2S. The Morgan fingerprint density at radius 3 is 2.29 bits per heavy atom. The van der Waals surface area contributed by atoms with Crippen molar-refractivity contribution in [1.29, 1.82) is 0 Å².